The van der Waals surface area contributed by atoms with Gasteiger partial charge in [0.05, 0.1) is 12.2 Å². The topological polar surface area (TPSA) is 111 Å². The molecular weight excluding hydrogens is 326 g/mol. The van der Waals surface area contributed by atoms with Crippen LogP contribution < -0.4 is 15.7 Å². The Kier molecular flexibility index (Phi) is 4.38. The predicted molar refractivity (Wildman–Crippen MR) is 90.8 cm³/mol. The van der Waals surface area contributed by atoms with Crippen LogP contribution in [-0.2, 0) is 6.54 Å². The number of aromatic nitrogens is 4. The van der Waals surface area contributed by atoms with E-state index in [9.17, 15) is 9.59 Å². The van der Waals surface area contributed by atoms with Crippen molar-refractivity contribution in [2.24, 2.45) is 0 Å². The van der Waals surface area contributed by atoms with Crippen molar-refractivity contribution in [2.45, 2.75) is 20.4 Å². The zero-order valence-electron chi connectivity index (χ0n) is 13.8. The summed E-state index contributed by atoms with van der Waals surface area (Å²) in [5.74, 6) is -0.363. The van der Waals surface area contributed by atoms with E-state index in [0.717, 1.165) is 0 Å². The summed E-state index contributed by atoms with van der Waals surface area (Å²) >= 11 is 0. The summed E-state index contributed by atoms with van der Waals surface area (Å²) in [5, 5.41) is 16.4. The number of pyridine rings is 2. The fourth-order valence-corrected chi connectivity index (χ4v) is 2.36. The third-order valence-corrected chi connectivity index (χ3v) is 3.55. The molecule has 0 fully saturated rings. The molecule has 0 radical (unpaired) electrons. The van der Waals surface area contributed by atoms with Crippen molar-refractivity contribution in [2.75, 3.05) is 11.9 Å². The first-order valence-corrected chi connectivity index (χ1v) is 7.75. The zero-order chi connectivity index (χ0) is 18.0. The second-order valence-electron chi connectivity index (χ2n) is 5.18. The molecule has 0 bridgehead atoms. The minimum atomic E-state index is -1.08. The monoisotopic (exact) mass is 343 g/mol. The zero-order valence-corrected chi connectivity index (χ0v) is 13.8. The highest BCUT2D eigenvalue weighted by molar-refractivity contribution is 5.88. The number of anilines is 2. The first kappa shape index (κ1) is 16.5. The molecule has 0 aliphatic rings. The summed E-state index contributed by atoms with van der Waals surface area (Å²) in [4.78, 5) is 27.2. The number of aromatic carboxylic acids is 1. The van der Waals surface area contributed by atoms with E-state index in [0.29, 0.717) is 36.1 Å². The highest BCUT2D eigenvalue weighted by atomic mass is 16.5. The molecule has 3 heterocycles. The number of hydrogen-bond acceptors (Lipinski definition) is 6. The molecule has 3 aromatic rings. The molecule has 0 saturated carbocycles. The van der Waals surface area contributed by atoms with E-state index in [4.69, 9.17) is 9.84 Å². The van der Waals surface area contributed by atoms with Crippen LogP contribution in [0.15, 0.2) is 35.4 Å². The third kappa shape index (κ3) is 3.16. The van der Waals surface area contributed by atoms with Gasteiger partial charge >= 0.3 is 11.7 Å². The number of rotatable bonds is 6. The van der Waals surface area contributed by atoms with E-state index >= 15 is 0 Å². The largest absolute Gasteiger partial charge is 0.490 e. The normalized spacial score (nSPS) is 10.8. The molecule has 0 spiro atoms. The van der Waals surface area contributed by atoms with Crippen LogP contribution in [0.1, 0.15) is 24.2 Å². The van der Waals surface area contributed by atoms with Crippen LogP contribution in [0, 0.1) is 0 Å². The van der Waals surface area contributed by atoms with Gasteiger partial charge in [0.1, 0.15) is 0 Å². The van der Waals surface area contributed by atoms with Crippen LogP contribution in [0.4, 0.5) is 11.5 Å². The van der Waals surface area contributed by atoms with E-state index in [-0.39, 0.29) is 11.3 Å². The van der Waals surface area contributed by atoms with Crippen molar-refractivity contribution in [3.63, 3.8) is 0 Å². The molecule has 0 amide bonds. The predicted octanol–water partition coefficient (Wildman–Crippen LogP) is 1.75. The van der Waals surface area contributed by atoms with Gasteiger partial charge in [0.2, 0.25) is 0 Å². The molecular formula is C16H17N5O4. The van der Waals surface area contributed by atoms with Crippen molar-refractivity contribution in [3.8, 4) is 5.75 Å². The molecule has 9 nitrogen and oxygen atoms in total. The van der Waals surface area contributed by atoms with Crippen LogP contribution in [0.5, 0.6) is 5.75 Å². The van der Waals surface area contributed by atoms with Gasteiger partial charge in [0, 0.05) is 36.8 Å². The maximum absolute atomic E-state index is 12.0. The quantitative estimate of drug-likeness (QED) is 0.701. The van der Waals surface area contributed by atoms with Gasteiger partial charge < -0.3 is 15.2 Å². The molecule has 3 rings (SSSR count). The maximum Gasteiger partial charge on any atom is 0.350 e. The molecule has 25 heavy (non-hydrogen) atoms. The average Bonchev–Trinajstić information content (AvgIpc) is 2.92. The van der Waals surface area contributed by atoms with Crippen LogP contribution in [0.2, 0.25) is 0 Å². The number of carbonyl (C=O) groups is 1. The summed E-state index contributed by atoms with van der Waals surface area (Å²) in [6.45, 7) is 4.49. The van der Waals surface area contributed by atoms with Crippen molar-refractivity contribution in [3.05, 3.63) is 46.6 Å². The van der Waals surface area contributed by atoms with Gasteiger partial charge in [0.25, 0.3) is 0 Å². The second kappa shape index (κ2) is 6.63. The Bertz CT molecular complexity index is 992. The number of ether oxygens (including phenoxy) is 1. The Morgan fingerprint density at radius 2 is 2.16 bits per heavy atom. The third-order valence-electron chi connectivity index (χ3n) is 3.55. The molecule has 0 saturated heterocycles. The molecule has 0 aliphatic heterocycles. The van der Waals surface area contributed by atoms with E-state index in [1.165, 1.54) is 21.3 Å². The molecule has 130 valence electrons. The average molecular weight is 343 g/mol. The standard InChI is InChI=1S/C16H17N5O4/c1-3-21-16(24)20-6-5-11(8-13(20)19-21)18-14-12(25-4-2)7-10(9-17-14)15(22)23/h5-9H,3-4H2,1-2H3,(H,17,18)(H,22,23). The number of aryl methyl sites for hydroxylation is 1. The van der Waals surface area contributed by atoms with Crippen LogP contribution in [0.25, 0.3) is 5.65 Å². The highest BCUT2D eigenvalue weighted by Crippen LogP contribution is 2.26. The fraction of sp³-hybridized carbons (Fsp3) is 0.250. The lowest BCUT2D eigenvalue weighted by Gasteiger charge is -2.12. The van der Waals surface area contributed by atoms with Gasteiger partial charge in [0.15, 0.2) is 17.2 Å². The van der Waals surface area contributed by atoms with Gasteiger partial charge in [-0.1, -0.05) is 0 Å². The van der Waals surface area contributed by atoms with Crippen molar-refractivity contribution in [1.29, 1.82) is 0 Å². The van der Waals surface area contributed by atoms with Crippen molar-refractivity contribution >= 4 is 23.1 Å². The van der Waals surface area contributed by atoms with Gasteiger partial charge in [-0.25, -0.2) is 19.3 Å². The lowest BCUT2D eigenvalue weighted by molar-refractivity contribution is 0.0696. The molecule has 2 N–H and O–H groups in total. The molecule has 0 atom stereocenters. The van der Waals surface area contributed by atoms with Crippen molar-refractivity contribution in [1.82, 2.24) is 19.2 Å². The highest BCUT2D eigenvalue weighted by Gasteiger charge is 2.12. The Morgan fingerprint density at radius 3 is 2.84 bits per heavy atom. The maximum atomic E-state index is 12.0. The molecule has 3 aromatic heterocycles. The first-order valence-electron chi connectivity index (χ1n) is 7.75. The second-order valence-corrected chi connectivity index (χ2v) is 5.18. The molecule has 0 aliphatic carbocycles. The van der Waals surface area contributed by atoms with Crippen LogP contribution >= 0.6 is 0 Å². The van der Waals surface area contributed by atoms with Crippen LogP contribution in [0.3, 0.4) is 0 Å². The molecule has 9 heteroatoms. The Labute approximate surface area is 142 Å². The van der Waals surface area contributed by atoms with Crippen LogP contribution in [-0.4, -0.2) is 36.8 Å². The lowest BCUT2D eigenvalue weighted by Crippen LogP contribution is -2.19. The van der Waals surface area contributed by atoms with Gasteiger partial charge in [-0.3, -0.25) is 4.40 Å². The minimum absolute atomic E-state index is 0.0395. The summed E-state index contributed by atoms with van der Waals surface area (Å²) in [7, 11) is 0. The number of hydrogen-bond donors (Lipinski definition) is 2. The molecule has 0 unspecified atom stereocenters. The summed E-state index contributed by atoms with van der Waals surface area (Å²) in [5.41, 5.74) is 0.981. The van der Waals surface area contributed by atoms with Gasteiger partial charge in [-0.15, -0.1) is 5.10 Å². The van der Waals surface area contributed by atoms with Gasteiger partial charge in [-0.05, 0) is 19.9 Å². The first-order chi connectivity index (χ1) is 12.0. The number of carboxylic acid groups (broad SMARTS) is 1. The minimum Gasteiger partial charge on any atom is -0.490 e. The number of fused-ring (bicyclic) bond motifs is 1. The number of nitrogens with one attached hydrogen (secondary N) is 1. The van der Waals surface area contributed by atoms with E-state index in [2.05, 4.69) is 15.4 Å². The number of nitrogens with zero attached hydrogens (tertiary/aromatic N) is 4. The summed E-state index contributed by atoms with van der Waals surface area (Å²) in [6.07, 6.45) is 2.87. The number of carboxylic acids is 1. The smallest absolute Gasteiger partial charge is 0.350 e. The van der Waals surface area contributed by atoms with E-state index < -0.39 is 5.97 Å². The molecule has 0 aromatic carbocycles. The lowest BCUT2D eigenvalue weighted by atomic mass is 10.2. The van der Waals surface area contributed by atoms with Gasteiger partial charge in [-0.2, -0.15) is 0 Å². The fourth-order valence-electron chi connectivity index (χ4n) is 2.36. The summed E-state index contributed by atoms with van der Waals surface area (Å²) in [6, 6.07) is 4.82. The summed E-state index contributed by atoms with van der Waals surface area (Å²) < 4.78 is 8.27. The SMILES string of the molecule is CCOc1cc(C(=O)O)cnc1Nc1ccn2c(=O)n(CC)nc2c1. The van der Waals surface area contributed by atoms with E-state index in [1.807, 2.05) is 6.92 Å². The van der Waals surface area contributed by atoms with Crippen molar-refractivity contribution < 1.29 is 14.6 Å². The Morgan fingerprint density at radius 1 is 1.36 bits per heavy atom. The Hall–Kier alpha value is -3.36. The Balaban J connectivity index is 1.97. The van der Waals surface area contributed by atoms with E-state index in [1.54, 1.807) is 25.3 Å².